The van der Waals surface area contributed by atoms with Gasteiger partial charge >= 0.3 is 6.61 Å². The highest BCUT2D eigenvalue weighted by Crippen LogP contribution is 2.29. The van der Waals surface area contributed by atoms with Gasteiger partial charge in [-0.05, 0) is 24.6 Å². The standard InChI is InChI=1S/C14H18F2N2O3/c1-2-20-12-5-9(3-4-11(12)21-14(15)16)6-18-13(19)10-7-17-8-10/h3-5,10,14,17H,2,6-8H2,1H3,(H,18,19). The molecule has 1 heterocycles. The Morgan fingerprint density at radius 1 is 1.43 bits per heavy atom. The summed E-state index contributed by atoms with van der Waals surface area (Å²) in [6.45, 7) is 0.896. The molecule has 2 rings (SSSR count). The fraction of sp³-hybridized carbons (Fsp3) is 0.500. The molecule has 1 saturated heterocycles. The lowest BCUT2D eigenvalue weighted by atomic mass is 10.0. The van der Waals surface area contributed by atoms with E-state index < -0.39 is 6.61 Å². The van der Waals surface area contributed by atoms with Crippen LogP contribution in [0.5, 0.6) is 11.5 Å². The molecule has 0 aliphatic carbocycles. The minimum Gasteiger partial charge on any atom is -0.490 e. The van der Waals surface area contributed by atoms with Crippen molar-refractivity contribution in [3.63, 3.8) is 0 Å². The Hall–Kier alpha value is -1.89. The van der Waals surface area contributed by atoms with Crippen molar-refractivity contribution < 1.29 is 23.0 Å². The maximum absolute atomic E-state index is 12.3. The van der Waals surface area contributed by atoms with Crippen LogP contribution in [0, 0.1) is 5.92 Å². The first kappa shape index (κ1) is 15.5. The van der Waals surface area contributed by atoms with E-state index in [1.807, 2.05) is 0 Å². The molecule has 0 saturated carbocycles. The number of rotatable bonds is 7. The van der Waals surface area contributed by atoms with E-state index in [4.69, 9.17) is 4.74 Å². The van der Waals surface area contributed by atoms with E-state index in [2.05, 4.69) is 15.4 Å². The Kier molecular flexibility index (Phi) is 5.32. The van der Waals surface area contributed by atoms with E-state index in [-0.39, 0.29) is 23.3 Å². The average molecular weight is 300 g/mol. The van der Waals surface area contributed by atoms with Crippen molar-refractivity contribution in [3.05, 3.63) is 23.8 Å². The smallest absolute Gasteiger partial charge is 0.387 e. The van der Waals surface area contributed by atoms with Gasteiger partial charge in [-0.1, -0.05) is 6.07 Å². The van der Waals surface area contributed by atoms with Crippen LogP contribution in [0.25, 0.3) is 0 Å². The second-order valence-electron chi connectivity index (χ2n) is 4.67. The third-order valence-corrected chi connectivity index (χ3v) is 3.14. The molecule has 116 valence electrons. The Balaban J connectivity index is 1.98. The Morgan fingerprint density at radius 3 is 2.76 bits per heavy atom. The van der Waals surface area contributed by atoms with Crippen LogP contribution in [-0.2, 0) is 11.3 Å². The van der Waals surface area contributed by atoms with Crippen molar-refractivity contribution in [2.75, 3.05) is 19.7 Å². The zero-order chi connectivity index (χ0) is 15.2. The van der Waals surface area contributed by atoms with Gasteiger partial charge in [-0.2, -0.15) is 8.78 Å². The zero-order valence-electron chi connectivity index (χ0n) is 11.7. The van der Waals surface area contributed by atoms with Crippen molar-refractivity contribution in [2.45, 2.75) is 20.1 Å². The summed E-state index contributed by atoms with van der Waals surface area (Å²) in [4.78, 5) is 11.7. The second-order valence-corrected chi connectivity index (χ2v) is 4.67. The van der Waals surface area contributed by atoms with Crippen LogP contribution in [0.3, 0.4) is 0 Å². The Labute approximate surface area is 121 Å². The minimum absolute atomic E-state index is 0.00915. The first-order valence-corrected chi connectivity index (χ1v) is 6.79. The van der Waals surface area contributed by atoms with Crippen LogP contribution in [-0.4, -0.2) is 32.2 Å². The van der Waals surface area contributed by atoms with Gasteiger partial charge in [0.15, 0.2) is 11.5 Å². The van der Waals surface area contributed by atoms with Crippen LogP contribution in [0.1, 0.15) is 12.5 Å². The monoisotopic (exact) mass is 300 g/mol. The summed E-state index contributed by atoms with van der Waals surface area (Å²) < 4.78 is 34.3. The van der Waals surface area contributed by atoms with Crippen LogP contribution in [0.4, 0.5) is 8.78 Å². The summed E-state index contributed by atoms with van der Waals surface area (Å²) in [7, 11) is 0. The van der Waals surface area contributed by atoms with Gasteiger partial charge in [0.25, 0.3) is 0 Å². The molecule has 0 unspecified atom stereocenters. The van der Waals surface area contributed by atoms with Crippen molar-refractivity contribution in [2.24, 2.45) is 5.92 Å². The van der Waals surface area contributed by atoms with Crippen molar-refractivity contribution in [3.8, 4) is 11.5 Å². The summed E-state index contributed by atoms with van der Waals surface area (Å²) in [5, 5.41) is 5.83. The number of carbonyl (C=O) groups is 1. The number of hydrogen-bond donors (Lipinski definition) is 2. The molecule has 1 aliphatic heterocycles. The molecule has 0 radical (unpaired) electrons. The second kappa shape index (κ2) is 7.21. The number of nitrogens with one attached hydrogen (secondary N) is 2. The van der Waals surface area contributed by atoms with Gasteiger partial charge in [0, 0.05) is 19.6 Å². The molecule has 2 N–H and O–H groups in total. The quantitative estimate of drug-likeness (QED) is 0.801. The van der Waals surface area contributed by atoms with Gasteiger partial charge in [-0.25, -0.2) is 0 Å². The maximum Gasteiger partial charge on any atom is 0.387 e. The first-order valence-electron chi connectivity index (χ1n) is 6.79. The normalized spacial score (nSPS) is 14.7. The van der Waals surface area contributed by atoms with E-state index in [1.165, 1.54) is 6.07 Å². The summed E-state index contributed by atoms with van der Waals surface area (Å²) in [6.07, 6.45) is 0. The first-order chi connectivity index (χ1) is 10.1. The van der Waals surface area contributed by atoms with E-state index in [0.29, 0.717) is 26.2 Å². The van der Waals surface area contributed by atoms with Gasteiger partial charge in [0.1, 0.15) is 0 Å². The summed E-state index contributed by atoms with van der Waals surface area (Å²) in [6, 6.07) is 4.64. The molecule has 21 heavy (non-hydrogen) atoms. The molecule has 0 spiro atoms. The fourth-order valence-corrected chi connectivity index (χ4v) is 1.93. The molecule has 1 aromatic carbocycles. The summed E-state index contributed by atoms with van der Waals surface area (Å²) in [5.41, 5.74) is 0.765. The van der Waals surface area contributed by atoms with Crippen LogP contribution < -0.4 is 20.1 Å². The number of benzene rings is 1. The van der Waals surface area contributed by atoms with Crippen LogP contribution >= 0.6 is 0 Å². The fourth-order valence-electron chi connectivity index (χ4n) is 1.93. The van der Waals surface area contributed by atoms with Gasteiger partial charge in [-0.3, -0.25) is 4.79 Å². The lowest BCUT2D eigenvalue weighted by Gasteiger charge is -2.25. The largest absolute Gasteiger partial charge is 0.490 e. The predicted octanol–water partition coefficient (Wildman–Crippen LogP) is 1.52. The van der Waals surface area contributed by atoms with Gasteiger partial charge < -0.3 is 20.1 Å². The molecular formula is C14H18F2N2O3. The number of amides is 1. The van der Waals surface area contributed by atoms with E-state index >= 15 is 0 Å². The molecule has 1 aliphatic rings. The molecule has 0 aromatic heterocycles. The number of hydrogen-bond acceptors (Lipinski definition) is 4. The van der Waals surface area contributed by atoms with Crippen LogP contribution in [0.2, 0.25) is 0 Å². The average Bonchev–Trinajstić information content (AvgIpc) is 2.36. The molecule has 0 atom stereocenters. The molecular weight excluding hydrogens is 282 g/mol. The lowest BCUT2D eigenvalue weighted by Crippen LogP contribution is -2.50. The maximum atomic E-state index is 12.3. The van der Waals surface area contributed by atoms with Crippen molar-refractivity contribution in [1.82, 2.24) is 10.6 Å². The van der Waals surface area contributed by atoms with Crippen molar-refractivity contribution in [1.29, 1.82) is 0 Å². The van der Waals surface area contributed by atoms with Crippen LogP contribution in [0.15, 0.2) is 18.2 Å². The van der Waals surface area contributed by atoms with Crippen molar-refractivity contribution >= 4 is 5.91 Å². The highest BCUT2D eigenvalue weighted by Gasteiger charge is 2.24. The highest BCUT2D eigenvalue weighted by molar-refractivity contribution is 5.80. The number of ether oxygens (including phenoxy) is 2. The zero-order valence-corrected chi connectivity index (χ0v) is 11.7. The molecule has 1 fully saturated rings. The molecule has 0 bridgehead atoms. The highest BCUT2D eigenvalue weighted by atomic mass is 19.3. The third kappa shape index (κ3) is 4.29. The molecule has 1 amide bonds. The van der Waals surface area contributed by atoms with E-state index in [9.17, 15) is 13.6 Å². The van der Waals surface area contributed by atoms with Gasteiger partial charge in [0.05, 0.1) is 12.5 Å². The summed E-state index contributed by atoms with van der Waals surface area (Å²) >= 11 is 0. The molecule has 1 aromatic rings. The minimum atomic E-state index is -2.90. The Bertz CT molecular complexity index is 493. The molecule has 7 heteroatoms. The number of halogens is 2. The predicted molar refractivity (Wildman–Crippen MR) is 72.4 cm³/mol. The SMILES string of the molecule is CCOc1cc(CNC(=O)C2CNC2)ccc1OC(F)F. The van der Waals surface area contributed by atoms with Gasteiger partial charge in [0.2, 0.25) is 5.91 Å². The van der Waals surface area contributed by atoms with E-state index in [1.54, 1.807) is 19.1 Å². The third-order valence-electron chi connectivity index (χ3n) is 3.14. The lowest BCUT2D eigenvalue weighted by molar-refractivity contribution is -0.126. The summed E-state index contributed by atoms with van der Waals surface area (Å²) in [5.74, 6) is 0.234. The topological polar surface area (TPSA) is 59.6 Å². The number of carbonyl (C=O) groups excluding carboxylic acids is 1. The van der Waals surface area contributed by atoms with E-state index in [0.717, 1.165) is 5.56 Å². The Morgan fingerprint density at radius 2 is 2.19 bits per heavy atom. The molecule has 5 nitrogen and oxygen atoms in total. The number of alkyl halides is 2. The van der Waals surface area contributed by atoms with Gasteiger partial charge in [-0.15, -0.1) is 0 Å².